The maximum absolute atomic E-state index is 13.3. The normalized spacial score (nSPS) is 25.6. The number of anilines is 1. The van der Waals surface area contributed by atoms with Crippen molar-refractivity contribution in [2.24, 2.45) is 0 Å². The lowest BCUT2D eigenvalue weighted by Gasteiger charge is -2.34. The third-order valence-electron chi connectivity index (χ3n) is 6.00. The molecule has 0 unspecified atom stereocenters. The number of carbonyl (C=O) groups is 3. The summed E-state index contributed by atoms with van der Waals surface area (Å²) in [5, 5.41) is 9.91. The van der Waals surface area contributed by atoms with E-state index >= 15 is 0 Å². The Balaban J connectivity index is 1.59. The predicted octanol–water partition coefficient (Wildman–Crippen LogP) is 1.64. The third kappa shape index (κ3) is 1.99. The van der Waals surface area contributed by atoms with Crippen molar-refractivity contribution in [3.8, 4) is 6.07 Å². The van der Waals surface area contributed by atoms with Crippen LogP contribution in [-0.4, -0.2) is 57.3 Å². The second kappa shape index (κ2) is 5.76. The minimum atomic E-state index is -0.635. The molecular weight excluding hydrogens is 358 g/mol. The van der Waals surface area contributed by atoms with E-state index in [-0.39, 0.29) is 29.9 Å². The van der Waals surface area contributed by atoms with Crippen LogP contribution in [0.2, 0.25) is 0 Å². The fraction of sp³-hybridized carbons (Fsp3) is 0.350. The summed E-state index contributed by atoms with van der Waals surface area (Å²) in [5.41, 5.74) is 1.28. The first-order chi connectivity index (χ1) is 13.6. The van der Waals surface area contributed by atoms with Crippen LogP contribution in [0.15, 0.2) is 30.5 Å². The first-order valence-corrected chi connectivity index (χ1v) is 9.30. The van der Waals surface area contributed by atoms with Gasteiger partial charge in [-0.3, -0.25) is 14.6 Å². The van der Waals surface area contributed by atoms with Crippen molar-refractivity contribution in [2.75, 3.05) is 11.4 Å². The number of rotatable bonds is 2. The molecule has 0 saturated carbocycles. The van der Waals surface area contributed by atoms with Gasteiger partial charge in [-0.2, -0.15) is 5.26 Å². The van der Waals surface area contributed by atoms with E-state index in [0.29, 0.717) is 41.5 Å². The molecule has 4 heterocycles. The van der Waals surface area contributed by atoms with E-state index in [1.54, 1.807) is 47.2 Å². The van der Waals surface area contributed by atoms with Crippen LogP contribution in [0.4, 0.5) is 10.5 Å². The number of piperazine rings is 1. The molecule has 3 atom stereocenters. The molecule has 3 aliphatic heterocycles. The summed E-state index contributed by atoms with van der Waals surface area (Å²) in [6.45, 7) is 2.28. The number of hydrogen-bond acceptors (Lipinski definition) is 5. The van der Waals surface area contributed by atoms with Gasteiger partial charge in [0.05, 0.1) is 28.9 Å². The van der Waals surface area contributed by atoms with Gasteiger partial charge in [-0.1, -0.05) is 6.92 Å². The number of hydrogen-bond donors (Lipinski definition) is 0. The van der Waals surface area contributed by atoms with Gasteiger partial charge in [0, 0.05) is 24.5 Å². The number of likely N-dealkylation sites (tertiary alicyclic amines) is 1. The van der Waals surface area contributed by atoms with Gasteiger partial charge >= 0.3 is 6.03 Å². The lowest BCUT2D eigenvalue weighted by Crippen LogP contribution is -2.54. The van der Waals surface area contributed by atoms with E-state index in [2.05, 4.69) is 11.1 Å². The molecule has 8 heteroatoms. The highest BCUT2D eigenvalue weighted by atomic mass is 16.2. The second-order valence-corrected chi connectivity index (χ2v) is 7.31. The molecule has 2 bridgehead atoms. The third-order valence-corrected chi connectivity index (χ3v) is 6.00. The first-order valence-electron chi connectivity index (χ1n) is 9.30. The molecule has 5 rings (SSSR count). The highest BCUT2D eigenvalue weighted by Gasteiger charge is 2.62. The zero-order valence-corrected chi connectivity index (χ0v) is 15.2. The average Bonchev–Trinajstić information content (AvgIpc) is 3.38. The summed E-state index contributed by atoms with van der Waals surface area (Å²) in [6, 6.07) is 7.37. The Hall–Kier alpha value is -3.47. The van der Waals surface area contributed by atoms with Crippen LogP contribution in [0.25, 0.3) is 10.9 Å². The molecule has 4 amide bonds. The number of pyridine rings is 1. The SMILES string of the molecule is CCC(=O)N1C[C@@H]2C[C@H]1[C@H]1C(=O)N(c3ccc(C#N)c4ncccc34)C(=O)N21. The van der Waals surface area contributed by atoms with Crippen LogP contribution in [-0.2, 0) is 9.59 Å². The van der Waals surface area contributed by atoms with Gasteiger partial charge in [-0.15, -0.1) is 0 Å². The molecular formula is C20H17N5O3. The Morgan fingerprint density at radius 3 is 2.89 bits per heavy atom. The molecule has 1 aromatic heterocycles. The monoisotopic (exact) mass is 375 g/mol. The molecule has 3 aliphatic rings. The van der Waals surface area contributed by atoms with Gasteiger partial charge in [-0.25, -0.2) is 9.69 Å². The van der Waals surface area contributed by atoms with E-state index in [1.807, 2.05) is 0 Å². The summed E-state index contributed by atoms with van der Waals surface area (Å²) in [5.74, 6) is -0.306. The van der Waals surface area contributed by atoms with Crippen LogP contribution in [0.5, 0.6) is 0 Å². The molecule has 140 valence electrons. The maximum Gasteiger partial charge on any atom is 0.332 e. The number of carbonyl (C=O) groups excluding carboxylic acids is 3. The zero-order valence-electron chi connectivity index (χ0n) is 15.2. The van der Waals surface area contributed by atoms with E-state index in [0.717, 1.165) is 0 Å². The summed E-state index contributed by atoms with van der Waals surface area (Å²) >= 11 is 0. The second-order valence-electron chi connectivity index (χ2n) is 7.31. The standard InChI is InChI=1S/C20H17N5O3/c1-2-16(26)23-10-12-8-15(23)18-19(27)25(20(28)24(12)18)14-6-5-11(9-21)17-13(14)4-3-7-22-17/h3-7,12,15,18H,2,8,10H2,1H3/t12-,15-,18-/m0/s1. The minimum Gasteiger partial charge on any atom is -0.335 e. The minimum absolute atomic E-state index is 0.0128. The lowest BCUT2D eigenvalue weighted by atomic mass is 10.1. The van der Waals surface area contributed by atoms with Crippen molar-refractivity contribution in [3.05, 3.63) is 36.0 Å². The van der Waals surface area contributed by atoms with E-state index in [4.69, 9.17) is 0 Å². The van der Waals surface area contributed by atoms with Gasteiger partial charge in [0.25, 0.3) is 5.91 Å². The van der Waals surface area contributed by atoms with Crippen LogP contribution >= 0.6 is 0 Å². The van der Waals surface area contributed by atoms with E-state index in [1.165, 1.54) is 4.90 Å². The molecule has 3 fully saturated rings. The largest absolute Gasteiger partial charge is 0.335 e. The fourth-order valence-corrected chi connectivity index (χ4v) is 4.81. The molecule has 0 radical (unpaired) electrons. The fourth-order valence-electron chi connectivity index (χ4n) is 4.81. The smallest absolute Gasteiger partial charge is 0.332 e. The van der Waals surface area contributed by atoms with Gasteiger partial charge in [0.2, 0.25) is 5.91 Å². The van der Waals surface area contributed by atoms with Crippen molar-refractivity contribution < 1.29 is 14.4 Å². The van der Waals surface area contributed by atoms with Gasteiger partial charge in [0.1, 0.15) is 12.1 Å². The van der Waals surface area contributed by atoms with Crippen molar-refractivity contribution >= 4 is 34.4 Å². The van der Waals surface area contributed by atoms with Crippen LogP contribution < -0.4 is 4.90 Å². The topological polar surface area (TPSA) is 97.6 Å². The molecule has 8 nitrogen and oxygen atoms in total. The number of aromatic nitrogens is 1. The molecule has 2 aromatic rings. The van der Waals surface area contributed by atoms with Crippen LogP contribution in [0.3, 0.4) is 0 Å². The van der Waals surface area contributed by atoms with Gasteiger partial charge in [0.15, 0.2) is 0 Å². The van der Waals surface area contributed by atoms with Crippen molar-refractivity contribution in [2.45, 2.75) is 37.9 Å². The van der Waals surface area contributed by atoms with E-state index < -0.39 is 6.04 Å². The number of nitriles is 1. The van der Waals surface area contributed by atoms with Crippen molar-refractivity contribution in [1.29, 1.82) is 5.26 Å². The van der Waals surface area contributed by atoms with Crippen LogP contribution in [0.1, 0.15) is 25.3 Å². The molecule has 0 spiro atoms. The van der Waals surface area contributed by atoms with Crippen molar-refractivity contribution in [3.63, 3.8) is 0 Å². The lowest BCUT2D eigenvalue weighted by molar-refractivity contribution is -0.135. The van der Waals surface area contributed by atoms with Gasteiger partial charge in [-0.05, 0) is 30.7 Å². The quantitative estimate of drug-likeness (QED) is 0.743. The van der Waals surface area contributed by atoms with Gasteiger partial charge < -0.3 is 9.80 Å². The first kappa shape index (κ1) is 16.7. The van der Waals surface area contributed by atoms with Crippen LogP contribution in [0, 0.1) is 11.3 Å². The molecule has 1 aromatic carbocycles. The number of imide groups is 1. The number of nitrogens with zero attached hydrogens (tertiary/aromatic N) is 5. The molecule has 3 saturated heterocycles. The highest BCUT2D eigenvalue weighted by Crippen LogP contribution is 2.43. The van der Waals surface area contributed by atoms with E-state index in [9.17, 15) is 19.6 Å². The number of benzene rings is 1. The summed E-state index contributed by atoms with van der Waals surface area (Å²) < 4.78 is 0. The molecule has 0 aliphatic carbocycles. The number of urea groups is 1. The summed E-state index contributed by atoms with van der Waals surface area (Å²) in [7, 11) is 0. The highest BCUT2D eigenvalue weighted by molar-refractivity contribution is 6.25. The Morgan fingerprint density at radius 1 is 1.32 bits per heavy atom. The average molecular weight is 375 g/mol. The summed E-state index contributed by atoms with van der Waals surface area (Å²) in [6.07, 6.45) is 2.61. The van der Waals surface area contributed by atoms with Crippen molar-refractivity contribution in [1.82, 2.24) is 14.8 Å². The Kier molecular flexibility index (Phi) is 3.43. The number of amides is 4. The summed E-state index contributed by atoms with van der Waals surface area (Å²) in [4.78, 5) is 47.5. The Labute approximate surface area is 160 Å². The zero-order chi connectivity index (χ0) is 19.6. The number of fused-ring (bicyclic) bond motifs is 6. The molecule has 28 heavy (non-hydrogen) atoms. The maximum atomic E-state index is 13.3. The Bertz CT molecular complexity index is 1090. The predicted molar refractivity (Wildman–Crippen MR) is 99.2 cm³/mol. The Morgan fingerprint density at radius 2 is 2.14 bits per heavy atom. The molecule has 0 N–H and O–H groups in total.